The molecule has 3 rings (SSSR count). The minimum absolute atomic E-state index is 0.217. The second-order valence-electron chi connectivity index (χ2n) is 4.37. The quantitative estimate of drug-likeness (QED) is 0.791. The van der Waals surface area contributed by atoms with E-state index in [1.807, 2.05) is 24.3 Å². The Morgan fingerprint density at radius 3 is 2.40 bits per heavy atom. The molecule has 0 aliphatic carbocycles. The standard InChI is InChI=1S/C15H13FN4/c16-13-3-1-12(2-4-13)9-18-14-5-7-15(8-6-14)20-11-17-10-19-20/h1-8,10-11,18H,9H2. The first-order valence-electron chi connectivity index (χ1n) is 6.25. The van der Waals surface area contributed by atoms with Gasteiger partial charge in [-0.1, -0.05) is 12.1 Å². The molecule has 20 heavy (non-hydrogen) atoms. The number of anilines is 1. The van der Waals surface area contributed by atoms with E-state index >= 15 is 0 Å². The van der Waals surface area contributed by atoms with Crippen LogP contribution in [0.4, 0.5) is 10.1 Å². The predicted octanol–water partition coefficient (Wildman–Crippen LogP) is 3.02. The maximum absolute atomic E-state index is 12.8. The molecule has 1 heterocycles. The molecule has 0 saturated heterocycles. The summed E-state index contributed by atoms with van der Waals surface area (Å²) in [6.45, 7) is 0.656. The molecule has 100 valence electrons. The van der Waals surface area contributed by atoms with Crippen LogP contribution in [-0.2, 0) is 6.54 Å². The Morgan fingerprint density at radius 1 is 1.00 bits per heavy atom. The Morgan fingerprint density at radius 2 is 1.75 bits per heavy atom. The summed E-state index contributed by atoms with van der Waals surface area (Å²) in [6, 6.07) is 14.3. The van der Waals surface area contributed by atoms with Crippen LogP contribution >= 0.6 is 0 Å². The maximum atomic E-state index is 12.8. The first-order valence-corrected chi connectivity index (χ1v) is 6.25. The molecule has 0 spiro atoms. The van der Waals surface area contributed by atoms with Crippen LogP contribution in [0.1, 0.15) is 5.56 Å². The van der Waals surface area contributed by atoms with Crippen molar-refractivity contribution in [2.45, 2.75) is 6.54 Å². The number of aromatic nitrogens is 3. The van der Waals surface area contributed by atoms with Gasteiger partial charge < -0.3 is 5.32 Å². The summed E-state index contributed by atoms with van der Waals surface area (Å²) in [4.78, 5) is 3.91. The zero-order valence-corrected chi connectivity index (χ0v) is 10.7. The minimum Gasteiger partial charge on any atom is -0.381 e. The van der Waals surface area contributed by atoms with E-state index < -0.39 is 0 Å². The Hall–Kier alpha value is -2.69. The number of rotatable bonds is 4. The molecule has 0 amide bonds. The lowest BCUT2D eigenvalue weighted by Crippen LogP contribution is -2.00. The van der Waals surface area contributed by atoms with Crippen molar-refractivity contribution in [2.75, 3.05) is 5.32 Å². The van der Waals surface area contributed by atoms with Gasteiger partial charge in [0.05, 0.1) is 5.69 Å². The SMILES string of the molecule is Fc1ccc(CNc2ccc(-n3cncn3)cc2)cc1. The van der Waals surface area contributed by atoms with Crippen LogP contribution in [0.2, 0.25) is 0 Å². The number of nitrogens with zero attached hydrogens (tertiary/aromatic N) is 3. The van der Waals surface area contributed by atoms with Crippen LogP contribution < -0.4 is 5.32 Å². The molecular weight excluding hydrogens is 255 g/mol. The first kappa shape index (κ1) is 12.3. The first-order chi connectivity index (χ1) is 9.81. The average molecular weight is 268 g/mol. The third-order valence-electron chi connectivity index (χ3n) is 2.96. The van der Waals surface area contributed by atoms with E-state index in [4.69, 9.17) is 0 Å². The topological polar surface area (TPSA) is 42.7 Å². The zero-order chi connectivity index (χ0) is 13.8. The summed E-state index contributed by atoms with van der Waals surface area (Å²) in [6.07, 6.45) is 3.15. The molecule has 1 aromatic heterocycles. The number of hydrogen-bond acceptors (Lipinski definition) is 3. The Bertz CT molecular complexity index is 660. The van der Waals surface area contributed by atoms with Crippen molar-refractivity contribution in [3.05, 3.63) is 72.6 Å². The van der Waals surface area contributed by atoms with Gasteiger partial charge in [-0.2, -0.15) is 5.10 Å². The van der Waals surface area contributed by atoms with Crippen molar-refractivity contribution in [3.8, 4) is 5.69 Å². The molecule has 0 saturated carbocycles. The lowest BCUT2D eigenvalue weighted by Gasteiger charge is -2.07. The van der Waals surface area contributed by atoms with E-state index in [1.165, 1.54) is 18.5 Å². The molecule has 0 aliphatic heterocycles. The summed E-state index contributed by atoms with van der Waals surface area (Å²) < 4.78 is 14.5. The Labute approximate surface area is 115 Å². The van der Waals surface area contributed by atoms with E-state index in [-0.39, 0.29) is 5.82 Å². The molecule has 2 aromatic carbocycles. The van der Waals surface area contributed by atoms with Gasteiger partial charge in [0.15, 0.2) is 0 Å². The molecule has 0 radical (unpaired) electrons. The number of halogens is 1. The molecule has 0 aliphatic rings. The summed E-state index contributed by atoms with van der Waals surface area (Å²) >= 11 is 0. The highest BCUT2D eigenvalue weighted by molar-refractivity contribution is 5.48. The van der Waals surface area contributed by atoms with Crippen molar-refractivity contribution >= 4 is 5.69 Å². The van der Waals surface area contributed by atoms with Crippen molar-refractivity contribution in [1.82, 2.24) is 14.8 Å². The van der Waals surface area contributed by atoms with Crippen LogP contribution in [-0.4, -0.2) is 14.8 Å². The van der Waals surface area contributed by atoms with Gasteiger partial charge in [0.1, 0.15) is 18.5 Å². The number of benzene rings is 2. The fraction of sp³-hybridized carbons (Fsp3) is 0.0667. The lowest BCUT2D eigenvalue weighted by atomic mass is 10.2. The largest absolute Gasteiger partial charge is 0.381 e. The fourth-order valence-electron chi connectivity index (χ4n) is 1.88. The van der Waals surface area contributed by atoms with Crippen molar-refractivity contribution in [3.63, 3.8) is 0 Å². The van der Waals surface area contributed by atoms with Crippen LogP contribution in [0, 0.1) is 5.82 Å². The van der Waals surface area contributed by atoms with E-state index in [1.54, 1.807) is 23.1 Å². The monoisotopic (exact) mass is 268 g/mol. The predicted molar refractivity (Wildman–Crippen MR) is 75.1 cm³/mol. The van der Waals surface area contributed by atoms with Crippen molar-refractivity contribution in [1.29, 1.82) is 0 Å². The van der Waals surface area contributed by atoms with Gasteiger partial charge in [0.2, 0.25) is 0 Å². The van der Waals surface area contributed by atoms with E-state index in [2.05, 4.69) is 15.4 Å². The third kappa shape index (κ3) is 2.83. The summed E-state index contributed by atoms with van der Waals surface area (Å²) in [5.74, 6) is -0.217. The Balaban J connectivity index is 1.65. The van der Waals surface area contributed by atoms with Crippen LogP contribution in [0.5, 0.6) is 0 Å². The molecule has 5 heteroatoms. The van der Waals surface area contributed by atoms with E-state index in [0.717, 1.165) is 16.9 Å². The van der Waals surface area contributed by atoms with Crippen LogP contribution in [0.25, 0.3) is 5.69 Å². The van der Waals surface area contributed by atoms with Crippen LogP contribution in [0.3, 0.4) is 0 Å². The van der Waals surface area contributed by atoms with Gasteiger partial charge in [-0.3, -0.25) is 0 Å². The lowest BCUT2D eigenvalue weighted by molar-refractivity contribution is 0.627. The normalized spacial score (nSPS) is 10.4. The second-order valence-corrected chi connectivity index (χ2v) is 4.37. The van der Waals surface area contributed by atoms with Gasteiger partial charge in [0, 0.05) is 12.2 Å². The van der Waals surface area contributed by atoms with Gasteiger partial charge in [-0.25, -0.2) is 14.1 Å². The van der Waals surface area contributed by atoms with Gasteiger partial charge in [0.25, 0.3) is 0 Å². The highest BCUT2D eigenvalue weighted by atomic mass is 19.1. The van der Waals surface area contributed by atoms with Crippen molar-refractivity contribution < 1.29 is 4.39 Å². The summed E-state index contributed by atoms with van der Waals surface area (Å²) in [5, 5.41) is 7.35. The molecular formula is C15H13FN4. The highest BCUT2D eigenvalue weighted by Gasteiger charge is 1.98. The van der Waals surface area contributed by atoms with Gasteiger partial charge in [-0.15, -0.1) is 0 Å². The van der Waals surface area contributed by atoms with Gasteiger partial charge in [-0.05, 0) is 42.0 Å². The molecule has 3 aromatic rings. The average Bonchev–Trinajstić information content (AvgIpc) is 3.01. The molecule has 0 unspecified atom stereocenters. The summed E-state index contributed by atoms with van der Waals surface area (Å²) in [7, 11) is 0. The van der Waals surface area contributed by atoms with E-state index in [9.17, 15) is 4.39 Å². The van der Waals surface area contributed by atoms with Gasteiger partial charge >= 0.3 is 0 Å². The zero-order valence-electron chi connectivity index (χ0n) is 10.7. The Kier molecular flexibility index (Phi) is 3.41. The third-order valence-corrected chi connectivity index (χ3v) is 2.96. The molecule has 1 N–H and O–H groups in total. The molecule has 0 bridgehead atoms. The second kappa shape index (κ2) is 5.52. The van der Waals surface area contributed by atoms with E-state index in [0.29, 0.717) is 6.54 Å². The molecule has 0 atom stereocenters. The highest BCUT2D eigenvalue weighted by Crippen LogP contribution is 2.13. The minimum atomic E-state index is -0.217. The molecule has 0 fully saturated rings. The van der Waals surface area contributed by atoms with Crippen molar-refractivity contribution in [2.24, 2.45) is 0 Å². The summed E-state index contributed by atoms with van der Waals surface area (Å²) in [5.41, 5.74) is 2.99. The number of hydrogen-bond donors (Lipinski definition) is 1. The smallest absolute Gasteiger partial charge is 0.138 e. The maximum Gasteiger partial charge on any atom is 0.138 e. The molecule has 4 nitrogen and oxygen atoms in total. The number of nitrogens with one attached hydrogen (secondary N) is 1. The fourth-order valence-corrected chi connectivity index (χ4v) is 1.88. The van der Waals surface area contributed by atoms with Crippen LogP contribution in [0.15, 0.2) is 61.2 Å².